The average Bonchev–Trinajstić information content (AvgIpc) is 3.93. The van der Waals surface area contributed by atoms with Crippen molar-refractivity contribution in [2.24, 2.45) is 0 Å². The molecule has 11 rings (SSSR count). The molecule has 238 valence electrons. The summed E-state index contributed by atoms with van der Waals surface area (Å²) in [6.07, 6.45) is 0. The first-order valence-electron chi connectivity index (χ1n) is 21.7. The molecule has 4 aromatic heterocycles. The lowest BCUT2D eigenvalue weighted by molar-refractivity contribution is 0.893. The zero-order valence-corrected chi connectivity index (χ0v) is 26.5. The molecular formula is C45H28N6. The molecule has 0 unspecified atom stereocenters. The molecule has 0 saturated carbocycles. The number of hydrogen-bond acceptors (Lipinski definition) is 3. The Morgan fingerprint density at radius 1 is 0.353 bits per heavy atom. The van der Waals surface area contributed by atoms with Crippen LogP contribution in [0.4, 0.5) is 0 Å². The van der Waals surface area contributed by atoms with E-state index < -0.39 is 42.3 Å². The second-order valence-electron chi connectivity index (χ2n) is 12.1. The Morgan fingerprint density at radius 3 is 1.37 bits per heavy atom. The van der Waals surface area contributed by atoms with Gasteiger partial charge in [-0.15, -0.1) is 0 Å². The van der Waals surface area contributed by atoms with Gasteiger partial charge < -0.3 is 4.57 Å². The van der Waals surface area contributed by atoms with E-state index in [1.807, 2.05) is 97.1 Å². The van der Waals surface area contributed by atoms with Crippen molar-refractivity contribution < 1.29 is 15.1 Å². The molecule has 11 aromatic rings. The number of fused-ring (bicyclic) bond motifs is 9. The van der Waals surface area contributed by atoms with Gasteiger partial charge in [-0.2, -0.15) is 15.0 Å². The molecule has 0 radical (unpaired) electrons. The van der Waals surface area contributed by atoms with Gasteiger partial charge in [0, 0.05) is 43.6 Å². The summed E-state index contributed by atoms with van der Waals surface area (Å²) in [5.41, 5.74) is 2.16. The lowest BCUT2D eigenvalue weighted by atomic mass is 10.2. The van der Waals surface area contributed by atoms with Gasteiger partial charge in [0.15, 0.2) is 5.82 Å². The van der Waals surface area contributed by atoms with Crippen LogP contribution < -0.4 is 0 Å². The highest BCUT2D eigenvalue weighted by Gasteiger charge is 2.20. The molecule has 6 nitrogen and oxygen atoms in total. The normalized spacial score (nSPS) is 14.9. The summed E-state index contributed by atoms with van der Waals surface area (Å²) in [5.74, 6) is -0.645. The van der Waals surface area contributed by atoms with Crippen molar-refractivity contribution in [1.29, 1.82) is 0 Å². The molecule has 0 spiro atoms. The summed E-state index contributed by atoms with van der Waals surface area (Å²) in [7, 11) is 0. The van der Waals surface area contributed by atoms with E-state index in [2.05, 4.69) is 0 Å². The molecule has 0 saturated heterocycles. The predicted octanol–water partition coefficient (Wildman–Crippen LogP) is 10.8. The first kappa shape index (κ1) is 19.2. The molecule has 0 amide bonds. The summed E-state index contributed by atoms with van der Waals surface area (Å²) >= 11 is 0. The molecule has 0 bridgehead atoms. The zero-order chi connectivity index (χ0) is 43.0. The molecule has 4 heterocycles. The van der Waals surface area contributed by atoms with Gasteiger partial charge in [0.05, 0.1) is 48.2 Å². The minimum absolute atomic E-state index is 0.0150. The Hall–Kier alpha value is -7.05. The molecule has 0 fully saturated rings. The molecule has 0 N–H and O–H groups in total. The number of benzene rings is 7. The quantitative estimate of drug-likeness (QED) is 0.188. The Morgan fingerprint density at radius 2 is 0.804 bits per heavy atom. The van der Waals surface area contributed by atoms with Crippen molar-refractivity contribution >= 4 is 65.4 Å². The van der Waals surface area contributed by atoms with Crippen LogP contribution in [0.15, 0.2) is 170 Å². The van der Waals surface area contributed by atoms with E-state index in [0.29, 0.717) is 22.1 Å². The lowest BCUT2D eigenvalue weighted by Crippen LogP contribution is -2.10. The van der Waals surface area contributed by atoms with E-state index in [4.69, 9.17) is 24.5 Å². The van der Waals surface area contributed by atoms with Crippen LogP contribution in [0.2, 0.25) is 0 Å². The van der Waals surface area contributed by atoms with Crippen molar-refractivity contribution in [2.75, 3.05) is 0 Å². The SMILES string of the molecule is [2H]c1cc([2H])c2c3c([2H])c([2H])c([2H])c([2H])c3n(-c3nc(-c4c([2H])c([2H])c(-n5c6ccccc6c6ccccc65)c([2H])c4[2H])nc(-n4c5ccccc5c5ccccc54)n3)c2c1[2H]. The van der Waals surface area contributed by atoms with Crippen LogP contribution in [0.3, 0.4) is 0 Å². The fourth-order valence-corrected chi connectivity index (χ4v) is 7.16. The van der Waals surface area contributed by atoms with Gasteiger partial charge >= 0.3 is 0 Å². The number of rotatable bonds is 4. The number of para-hydroxylation sites is 6. The molecule has 7 aromatic carbocycles. The molecule has 0 aliphatic rings. The van der Waals surface area contributed by atoms with Crippen LogP contribution in [0, 0.1) is 0 Å². The second-order valence-corrected chi connectivity index (χ2v) is 12.1. The van der Waals surface area contributed by atoms with Crippen LogP contribution >= 0.6 is 0 Å². The van der Waals surface area contributed by atoms with Gasteiger partial charge in [-0.25, -0.2) is 0 Å². The first-order chi connectivity index (χ1) is 29.9. The Bertz CT molecular complexity index is 3660. The van der Waals surface area contributed by atoms with Crippen LogP contribution in [-0.2, 0) is 0 Å². The lowest BCUT2D eigenvalue weighted by Gasteiger charge is -2.13. The maximum absolute atomic E-state index is 9.55. The van der Waals surface area contributed by atoms with E-state index in [1.54, 1.807) is 9.13 Å². The van der Waals surface area contributed by atoms with Gasteiger partial charge in [0.2, 0.25) is 11.9 Å². The van der Waals surface area contributed by atoms with E-state index >= 15 is 0 Å². The molecular weight excluding hydrogens is 625 g/mol. The Kier molecular flexibility index (Phi) is 4.04. The van der Waals surface area contributed by atoms with Crippen LogP contribution in [0.25, 0.3) is 94.4 Å². The van der Waals surface area contributed by atoms with Crippen molar-refractivity contribution in [3.05, 3.63) is 170 Å². The molecule has 51 heavy (non-hydrogen) atoms. The van der Waals surface area contributed by atoms with E-state index in [9.17, 15) is 5.48 Å². The third-order valence-corrected chi connectivity index (χ3v) is 9.31. The standard InChI is InChI=1S/C45H28N6/c1-7-19-37-31(13-1)32-14-2-8-20-38(32)49(37)30-27-25-29(26-28-30)43-46-44(50-39-21-9-3-15-33(39)34-16-4-10-22-40(34)50)48-45(47-43)51-41-23-11-5-17-35(41)36-18-6-12-24-42(36)51/h1-28H/i3D,9D,10D,15D,16D,21D,22D,25D,26D,27D,28D. The monoisotopic (exact) mass is 663 g/mol. The molecule has 0 aliphatic heterocycles. The summed E-state index contributed by atoms with van der Waals surface area (Å²) in [6.45, 7) is 0. The fraction of sp³-hybridized carbons (Fsp3) is 0. The van der Waals surface area contributed by atoms with Crippen molar-refractivity contribution in [3.63, 3.8) is 0 Å². The molecule has 0 atom stereocenters. The van der Waals surface area contributed by atoms with Gasteiger partial charge in [-0.3, -0.25) is 9.13 Å². The first-order valence-corrected chi connectivity index (χ1v) is 16.2. The van der Waals surface area contributed by atoms with E-state index in [0.717, 1.165) is 27.6 Å². The molecule has 0 aliphatic carbocycles. The summed E-state index contributed by atoms with van der Waals surface area (Å²) in [5, 5.41) is 3.34. The van der Waals surface area contributed by atoms with Gasteiger partial charge in [0.1, 0.15) is 0 Å². The summed E-state index contributed by atoms with van der Waals surface area (Å²) in [6, 6.07) is 26.5. The maximum atomic E-state index is 9.55. The van der Waals surface area contributed by atoms with Crippen LogP contribution in [0.5, 0.6) is 0 Å². The second kappa shape index (κ2) is 10.7. The van der Waals surface area contributed by atoms with Crippen molar-refractivity contribution in [3.8, 4) is 29.0 Å². The van der Waals surface area contributed by atoms with Crippen LogP contribution in [0.1, 0.15) is 15.1 Å². The van der Waals surface area contributed by atoms with Gasteiger partial charge in [-0.05, 0) is 60.5 Å². The highest BCUT2D eigenvalue weighted by Crippen LogP contribution is 2.35. The largest absolute Gasteiger partial charge is 0.309 e. The third-order valence-electron chi connectivity index (χ3n) is 9.31. The van der Waals surface area contributed by atoms with Crippen molar-refractivity contribution in [2.45, 2.75) is 0 Å². The number of aromatic nitrogens is 6. The number of nitrogens with zero attached hydrogens (tertiary/aromatic N) is 6. The maximum Gasteiger partial charge on any atom is 0.240 e. The summed E-state index contributed by atoms with van der Waals surface area (Å²) in [4.78, 5) is 14.6. The minimum Gasteiger partial charge on any atom is -0.309 e. The van der Waals surface area contributed by atoms with E-state index in [1.165, 1.54) is 4.57 Å². The average molecular weight is 664 g/mol. The highest BCUT2D eigenvalue weighted by atomic mass is 15.3. The predicted molar refractivity (Wildman–Crippen MR) is 208 cm³/mol. The third kappa shape index (κ3) is 4.07. The highest BCUT2D eigenvalue weighted by molar-refractivity contribution is 6.11. The Labute approximate surface area is 307 Å². The summed E-state index contributed by atoms with van der Waals surface area (Å²) < 4.78 is 105. The van der Waals surface area contributed by atoms with E-state index in [-0.39, 0.29) is 74.9 Å². The fourth-order valence-electron chi connectivity index (χ4n) is 7.16. The van der Waals surface area contributed by atoms with Gasteiger partial charge in [-0.1, -0.05) is 109 Å². The topological polar surface area (TPSA) is 53.5 Å². The zero-order valence-electron chi connectivity index (χ0n) is 37.5. The number of hydrogen-bond donors (Lipinski definition) is 0. The Balaban J connectivity index is 1.29. The van der Waals surface area contributed by atoms with Gasteiger partial charge in [0.25, 0.3) is 0 Å². The van der Waals surface area contributed by atoms with Crippen LogP contribution in [-0.4, -0.2) is 28.7 Å². The minimum atomic E-state index is -0.590. The molecule has 6 heteroatoms. The van der Waals surface area contributed by atoms with Crippen molar-refractivity contribution in [1.82, 2.24) is 28.7 Å². The smallest absolute Gasteiger partial charge is 0.240 e.